The van der Waals surface area contributed by atoms with E-state index < -0.39 is 0 Å². The van der Waals surface area contributed by atoms with Gasteiger partial charge in [0.05, 0.1) is 11.0 Å². The molecule has 1 aromatic carbocycles. The lowest BCUT2D eigenvalue weighted by Gasteiger charge is -2.10. The van der Waals surface area contributed by atoms with Crippen LogP contribution in [0.15, 0.2) is 23.1 Å². The third-order valence-electron chi connectivity index (χ3n) is 2.20. The zero-order valence-electron chi connectivity index (χ0n) is 8.04. The summed E-state index contributed by atoms with van der Waals surface area (Å²) in [4.78, 5) is 1.29. The zero-order chi connectivity index (χ0) is 9.26. The predicted molar refractivity (Wildman–Crippen MR) is 56.6 cm³/mol. The Morgan fingerprint density at radius 1 is 1.38 bits per heavy atom. The largest absolute Gasteiger partial charge is 0.489 e. The standard InChI is InChI=1S/C11H14OS/c1-8-4-3-5-10(11(8)13-2)12-9-6-7-9/h3-5,9H,6-7H2,1-2H3. The highest BCUT2D eigenvalue weighted by Crippen LogP contribution is 2.35. The first kappa shape index (κ1) is 8.95. The number of ether oxygens (including phenoxy) is 1. The van der Waals surface area contributed by atoms with Gasteiger partial charge >= 0.3 is 0 Å². The van der Waals surface area contributed by atoms with Crippen LogP contribution in [0, 0.1) is 6.92 Å². The van der Waals surface area contributed by atoms with Crippen molar-refractivity contribution in [3.63, 3.8) is 0 Å². The van der Waals surface area contributed by atoms with E-state index in [1.807, 2.05) is 0 Å². The van der Waals surface area contributed by atoms with E-state index in [-0.39, 0.29) is 0 Å². The summed E-state index contributed by atoms with van der Waals surface area (Å²) in [6, 6.07) is 6.26. The van der Waals surface area contributed by atoms with Gasteiger partial charge in [-0.05, 0) is 37.7 Å². The second kappa shape index (κ2) is 3.62. The van der Waals surface area contributed by atoms with E-state index in [0.717, 1.165) is 5.75 Å². The predicted octanol–water partition coefficient (Wildman–Crippen LogP) is 3.26. The van der Waals surface area contributed by atoms with Crippen molar-refractivity contribution in [3.05, 3.63) is 23.8 Å². The zero-order valence-corrected chi connectivity index (χ0v) is 8.86. The molecule has 0 amide bonds. The molecular formula is C11H14OS. The molecule has 2 heteroatoms. The van der Waals surface area contributed by atoms with Gasteiger partial charge in [0, 0.05) is 0 Å². The molecule has 1 fully saturated rings. The number of aryl methyl sites for hydroxylation is 1. The van der Waals surface area contributed by atoms with Crippen LogP contribution in [-0.4, -0.2) is 12.4 Å². The molecule has 0 atom stereocenters. The molecule has 0 radical (unpaired) electrons. The summed E-state index contributed by atoms with van der Waals surface area (Å²) in [5, 5.41) is 0. The van der Waals surface area contributed by atoms with Crippen molar-refractivity contribution in [1.82, 2.24) is 0 Å². The monoisotopic (exact) mass is 194 g/mol. The van der Waals surface area contributed by atoms with Crippen molar-refractivity contribution in [3.8, 4) is 5.75 Å². The Morgan fingerprint density at radius 2 is 2.15 bits per heavy atom. The van der Waals surface area contributed by atoms with Crippen LogP contribution in [0.4, 0.5) is 0 Å². The van der Waals surface area contributed by atoms with Crippen LogP contribution in [0.1, 0.15) is 18.4 Å². The summed E-state index contributed by atoms with van der Waals surface area (Å²) in [6.07, 6.45) is 5.04. The van der Waals surface area contributed by atoms with Crippen molar-refractivity contribution in [2.45, 2.75) is 30.8 Å². The molecule has 1 nitrogen and oxygen atoms in total. The molecule has 2 rings (SSSR count). The molecule has 13 heavy (non-hydrogen) atoms. The molecule has 1 aliphatic carbocycles. The van der Waals surface area contributed by atoms with E-state index in [1.54, 1.807) is 11.8 Å². The second-order valence-electron chi connectivity index (χ2n) is 3.42. The van der Waals surface area contributed by atoms with E-state index in [2.05, 4.69) is 31.4 Å². The quantitative estimate of drug-likeness (QED) is 0.683. The molecule has 0 spiro atoms. The minimum absolute atomic E-state index is 0.493. The number of benzene rings is 1. The Morgan fingerprint density at radius 3 is 2.77 bits per heavy atom. The number of rotatable bonds is 3. The van der Waals surface area contributed by atoms with E-state index >= 15 is 0 Å². The van der Waals surface area contributed by atoms with E-state index in [0.29, 0.717) is 6.10 Å². The summed E-state index contributed by atoms with van der Waals surface area (Å²) >= 11 is 1.77. The van der Waals surface area contributed by atoms with E-state index in [4.69, 9.17) is 4.74 Å². The van der Waals surface area contributed by atoms with Gasteiger partial charge in [-0.3, -0.25) is 0 Å². The van der Waals surface area contributed by atoms with Gasteiger partial charge in [-0.1, -0.05) is 12.1 Å². The fourth-order valence-electron chi connectivity index (χ4n) is 1.35. The molecular weight excluding hydrogens is 180 g/mol. The fourth-order valence-corrected chi connectivity index (χ4v) is 2.05. The number of hydrogen-bond donors (Lipinski definition) is 0. The molecule has 0 aliphatic heterocycles. The van der Waals surface area contributed by atoms with Crippen LogP contribution in [0.5, 0.6) is 5.75 Å². The Balaban J connectivity index is 2.25. The van der Waals surface area contributed by atoms with Gasteiger partial charge in [0.2, 0.25) is 0 Å². The summed E-state index contributed by atoms with van der Waals surface area (Å²) in [5.41, 5.74) is 1.31. The number of thioether (sulfide) groups is 1. The van der Waals surface area contributed by atoms with Crippen LogP contribution < -0.4 is 4.74 Å². The first-order valence-corrected chi connectivity index (χ1v) is 5.84. The van der Waals surface area contributed by atoms with Crippen molar-refractivity contribution in [2.75, 3.05) is 6.26 Å². The average molecular weight is 194 g/mol. The van der Waals surface area contributed by atoms with Crippen molar-refractivity contribution in [1.29, 1.82) is 0 Å². The van der Waals surface area contributed by atoms with Gasteiger partial charge in [0.15, 0.2) is 0 Å². The smallest absolute Gasteiger partial charge is 0.133 e. The van der Waals surface area contributed by atoms with Crippen LogP contribution >= 0.6 is 11.8 Å². The lowest BCUT2D eigenvalue weighted by atomic mass is 10.2. The molecule has 0 heterocycles. The highest BCUT2D eigenvalue weighted by molar-refractivity contribution is 7.98. The first-order valence-electron chi connectivity index (χ1n) is 4.61. The minimum Gasteiger partial charge on any atom is -0.489 e. The lowest BCUT2D eigenvalue weighted by molar-refractivity contribution is 0.295. The minimum atomic E-state index is 0.493. The summed E-state index contributed by atoms with van der Waals surface area (Å²) < 4.78 is 5.81. The highest BCUT2D eigenvalue weighted by atomic mass is 32.2. The first-order chi connectivity index (χ1) is 6.31. The SMILES string of the molecule is CSc1c(C)cccc1OC1CC1. The second-order valence-corrected chi connectivity index (χ2v) is 4.24. The van der Waals surface area contributed by atoms with Gasteiger partial charge in [0.1, 0.15) is 5.75 Å². The Hall–Kier alpha value is -0.630. The fraction of sp³-hybridized carbons (Fsp3) is 0.455. The molecule has 0 N–H and O–H groups in total. The van der Waals surface area contributed by atoms with E-state index in [9.17, 15) is 0 Å². The molecule has 70 valence electrons. The third kappa shape index (κ3) is 1.99. The van der Waals surface area contributed by atoms with Gasteiger partial charge in [-0.2, -0.15) is 0 Å². The van der Waals surface area contributed by atoms with Crippen molar-refractivity contribution >= 4 is 11.8 Å². The third-order valence-corrected chi connectivity index (χ3v) is 3.13. The number of hydrogen-bond acceptors (Lipinski definition) is 2. The molecule has 0 bridgehead atoms. The Labute approximate surface area is 83.5 Å². The van der Waals surface area contributed by atoms with Crippen LogP contribution in [0.25, 0.3) is 0 Å². The van der Waals surface area contributed by atoms with Gasteiger partial charge in [0.25, 0.3) is 0 Å². The Kier molecular flexibility index (Phi) is 2.49. The van der Waals surface area contributed by atoms with Crippen LogP contribution in [-0.2, 0) is 0 Å². The van der Waals surface area contributed by atoms with Gasteiger partial charge in [-0.25, -0.2) is 0 Å². The topological polar surface area (TPSA) is 9.23 Å². The van der Waals surface area contributed by atoms with Gasteiger partial charge in [-0.15, -0.1) is 11.8 Å². The maximum Gasteiger partial charge on any atom is 0.133 e. The van der Waals surface area contributed by atoms with Crippen molar-refractivity contribution < 1.29 is 4.74 Å². The van der Waals surface area contributed by atoms with E-state index in [1.165, 1.54) is 23.3 Å². The van der Waals surface area contributed by atoms with Gasteiger partial charge < -0.3 is 4.74 Å². The highest BCUT2D eigenvalue weighted by Gasteiger charge is 2.24. The maximum atomic E-state index is 5.81. The maximum absolute atomic E-state index is 5.81. The summed E-state index contributed by atoms with van der Waals surface area (Å²) in [5.74, 6) is 1.06. The van der Waals surface area contributed by atoms with Crippen LogP contribution in [0.3, 0.4) is 0 Å². The molecule has 0 aromatic heterocycles. The molecule has 0 saturated heterocycles. The Bertz CT molecular complexity index is 305. The summed E-state index contributed by atoms with van der Waals surface area (Å²) in [7, 11) is 0. The van der Waals surface area contributed by atoms with Crippen LogP contribution in [0.2, 0.25) is 0 Å². The molecule has 0 unspecified atom stereocenters. The van der Waals surface area contributed by atoms with Crippen molar-refractivity contribution in [2.24, 2.45) is 0 Å². The average Bonchev–Trinajstić information content (AvgIpc) is 2.89. The normalized spacial score (nSPS) is 15.8. The molecule has 1 aromatic rings. The summed E-state index contributed by atoms with van der Waals surface area (Å²) in [6.45, 7) is 2.13. The lowest BCUT2D eigenvalue weighted by Crippen LogP contribution is -1.97. The molecule has 1 aliphatic rings. The molecule has 1 saturated carbocycles.